The van der Waals surface area contributed by atoms with Gasteiger partial charge in [-0.05, 0) is 48.4 Å². The molecule has 3 rings (SSSR count). The molecule has 0 aromatic heterocycles. The van der Waals surface area contributed by atoms with Crippen molar-refractivity contribution in [1.82, 2.24) is 4.90 Å². The number of halogens is 1. The Labute approximate surface area is 159 Å². The monoisotopic (exact) mass is 375 g/mol. The van der Waals surface area contributed by atoms with E-state index in [0.29, 0.717) is 31.2 Å². The molecule has 5 nitrogen and oxygen atoms in total. The normalized spacial score (nSPS) is 20.4. The van der Waals surface area contributed by atoms with Crippen LogP contribution in [0.1, 0.15) is 17.5 Å². The van der Waals surface area contributed by atoms with Gasteiger partial charge in [0.25, 0.3) is 0 Å². The van der Waals surface area contributed by atoms with Gasteiger partial charge in [-0.2, -0.15) is 0 Å². The summed E-state index contributed by atoms with van der Waals surface area (Å²) in [6.45, 7) is 2.41. The summed E-state index contributed by atoms with van der Waals surface area (Å²) in [5.74, 6) is 0.960. The summed E-state index contributed by atoms with van der Waals surface area (Å²) >= 11 is 0. The van der Waals surface area contributed by atoms with Gasteiger partial charge in [0.1, 0.15) is 12.4 Å². The van der Waals surface area contributed by atoms with Crippen molar-refractivity contribution in [2.45, 2.75) is 25.7 Å². The van der Waals surface area contributed by atoms with Crippen LogP contribution in [0.2, 0.25) is 0 Å². The lowest BCUT2D eigenvalue weighted by Gasteiger charge is -2.35. The Bertz CT molecular complexity index is 737. The number of rotatable bonds is 7. The Kier molecular flexibility index (Phi) is 6.66. The summed E-state index contributed by atoms with van der Waals surface area (Å²) < 4.78 is 24.3. The molecule has 1 saturated heterocycles. The van der Waals surface area contributed by atoms with Gasteiger partial charge in [-0.1, -0.05) is 18.2 Å². The fraction of sp³-hybridized carbons (Fsp3) is 0.429. The van der Waals surface area contributed by atoms with Crippen molar-refractivity contribution in [3.05, 3.63) is 59.4 Å². The largest absolute Gasteiger partial charge is 0.493 e. The standard InChI is InChI=1S/C21H26FNO4/c1-26-20-7-4-16(11-23-9-8-17(13-24)19(25)12-23)10-21(20)27-14-15-2-5-18(22)6-3-15/h2-7,10,17,19,24-25H,8-9,11-14H2,1H3/t17-,19+/m0/s1. The Hall–Kier alpha value is -2.15. The number of hydrogen-bond acceptors (Lipinski definition) is 5. The highest BCUT2D eigenvalue weighted by atomic mass is 19.1. The number of hydrogen-bond donors (Lipinski definition) is 2. The van der Waals surface area contributed by atoms with Gasteiger partial charge in [0.05, 0.1) is 13.2 Å². The first-order valence-electron chi connectivity index (χ1n) is 9.14. The molecule has 1 fully saturated rings. The van der Waals surface area contributed by atoms with Crippen LogP contribution < -0.4 is 9.47 Å². The fourth-order valence-corrected chi connectivity index (χ4v) is 3.33. The molecular formula is C21H26FNO4. The summed E-state index contributed by atoms with van der Waals surface area (Å²) in [7, 11) is 1.59. The summed E-state index contributed by atoms with van der Waals surface area (Å²) in [6, 6.07) is 12.0. The molecule has 6 heteroatoms. The first-order chi connectivity index (χ1) is 13.1. The molecule has 0 amide bonds. The Morgan fingerprint density at radius 1 is 1.11 bits per heavy atom. The van der Waals surface area contributed by atoms with Crippen molar-refractivity contribution in [2.75, 3.05) is 26.8 Å². The molecular weight excluding hydrogens is 349 g/mol. The first kappa shape index (κ1) is 19.6. The number of methoxy groups -OCH3 is 1. The number of aliphatic hydroxyl groups excluding tert-OH is 2. The Morgan fingerprint density at radius 3 is 2.52 bits per heavy atom. The summed E-state index contributed by atoms with van der Waals surface area (Å²) in [5, 5.41) is 19.4. The van der Waals surface area contributed by atoms with Gasteiger partial charge in [-0.3, -0.25) is 4.90 Å². The average molecular weight is 375 g/mol. The second-order valence-electron chi connectivity index (χ2n) is 6.93. The molecule has 1 heterocycles. The van der Waals surface area contributed by atoms with E-state index >= 15 is 0 Å². The van der Waals surface area contributed by atoms with Gasteiger partial charge in [-0.15, -0.1) is 0 Å². The molecule has 1 aliphatic heterocycles. The van der Waals surface area contributed by atoms with Crippen LogP contribution in [0.3, 0.4) is 0 Å². The Balaban J connectivity index is 1.65. The second kappa shape index (κ2) is 9.17. The van der Waals surface area contributed by atoms with Crippen molar-refractivity contribution in [1.29, 1.82) is 0 Å². The summed E-state index contributed by atoms with van der Waals surface area (Å²) in [4.78, 5) is 2.17. The van der Waals surface area contributed by atoms with Gasteiger partial charge < -0.3 is 19.7 Å². The number of piperidine rings is 1. The van der Waals surface area contributed by atoms with Crippen LogP contribution in [-0.4, -0.2) is 48.0 Å². The maximum Gasteiger partial charge on any atom is 0.161 e. The molecule has 0 radical (unpaired) electrons. The predicted octanol–water partition coefficient (Wildman–Crippen LogP) is 2.59. The highest BCUT2D eigenvalue weighted by molar-refractivity contribution is 5.43. The number of likely N-dealkylation sites (tertiary alicyclic amines) is 1. The SMILES string of the molecule is COc1ccc(CN2CC[C@@H](CO)[C@H](O)C2)cc1OCc1ccc(F)cc1. The molecule has 0 saturated carbocycles. The highest BCUT2D eigenvalue weighted by Gasteiger charge is 2.27. The van der Waals surface area contributed by atoms with Crippen molar-refractivity contribution in [2.24, 2.45) is 5.92 Å². The lowest BCUT2D eigenvalue weighted by molar-refractivity contribution is -0.00446. The van der Waals surface area contributed by atoms with Gasteiger partial charge in [-0.25, -0.2) is 4.39 Å². The number of aliphatic hydroxyl groups is 2. The molecule has 0 spiro atoms. The van der Waals surface area contributed by atoms with E-state index in [-0.39, 0.29) is 18.3 Å². The maximum absolute atomic E-state index is 13.0. The van der Waals surface area contributed by atoms with E-state index in [1.807, 2.05) is 18.2 Å². The number of nitrogens with zero attached hydrogens (tertiary/aromatic N) is 1. The van der Waals surface area contributed by atoms with Crippen LogP contribution in [0.5, 0.6) is 11.5 Å². The molecule has 2 aromatic carbocycles. The fourth-order valence-electron chi connectivity index (χ4n) is 3.33. The Morgan fingerprint density at radius 2 is 1.85 bits per heavy atom. The predicted molar refractivity (Wildman–Crippen MR) is 100 cm³/mol. The summed E-state index contributed by atoms with van der Waals surface area (Å²) in [5.41, 5.74) is 1.93. The van der Waals surface area contributed by atoms with Crippen molar-refractivity contribution < 1.29 is 24.1 Å². The lowest BCUT2D eigenvalue weighted by atomic mass is 9.94. The molecule has 2 atom stereocenters. The minimum atomic E-state index is -0.504. The zero-order valence-corrected chi connectivity index (χ0v) is 15.5. The molecule has 146 valence electrons. The van der Waals surface area contributed by atoms with E-state index in [1.165, 1.54) is 12.1 Å². The van der Waals surface area contributed by atoms with E-state index in [4.69, 9.17) is 9.47 Å². The zero-order valence-electron chi connectivity index (χ0n) is 15.5. The van der Waals surface area contributed by atoms with Gasteiger partial charge in [0.2, 0.25) is 0 Å². The molecule has 0 unspecified atom stereocenters. The minimum Gasteiger partial charge on any atom is -0.493 e. The van der Waals surface area contributed by atoms with Gasteiger partial charge >= 0.3 is 0 Å². The third-order valence-corrected chi connectivity index (χ3v) is 4.98. The third kappa shape index (κ3) is 5.19. The van der Waals surface area contributed by atoms with Crippen molar-refractivity contribution in [3.8, 4) is 11.5 Å². The van der Waals surface area contributed by atoms with Crippen LogP contribution >= 0.6 is 0 Å². The third-order valence-electron chi connectivity index (χ3n) is 4.98. The molecule has 0 bridgehead atoms. The number of ether oxygens (including phenoxy) is 2. The second-order valence-corrected chi connectivity index (χ2v) is 6.93. The number of benzene rings is 2. The van der Waals surface area contributed by atoms with Crippen LogP contribution in [0.25, 0.3) is 0 Å². The van der Waals surface area contributed by atoms with Crippen molar-refractivity contribution >= 4 is 0 Å². The van der Waals surface area contributed by atoms with E-state index in [2.05, 4.69) is 4.90 Å². The summed E-state index contributed by atoms with van der Waals surface area (Å²) in [6.07, 6.45) is 0.276. The lowest BCUT2D eigenvalue weighted by Crippen LogP contribution is -2.44. The van der Waals surface area contributed by atoms with Crippen molar-refractivity contribution in [3.63, 3.8) is 0 Å². The molecule has 2 aromatic rings. The molecule has 1 aliphatic rings. The van der Waals surface area contributed by atoms with Crippen LogP contribution in [0.4, 0.5) is 4.39 Å². The van der Waals surface area contributed by atoms with E-state index < -0.39 is 6.10 Å². The van der Waals surface area contributed by atoms with E-state index in [9.17, 15) is 14.6 Å². The van der Waals surface area contributed by atoms with Crippen LogP contribution in [0, 0.1) is 11.7 Å². The van der Waals surface area contributed by atoms with E-state index in [0.717, 1.165) is 24.1 Å². The quantitative estimate of drug-likeness (QED) is 0.779. The first-order valence-corrected chi connectivity index (χ1v) is 9.14. The molecule has 27 heavy (non-hydrogen) atoms. The van der Waals surface area contributed by atoms with E-state index in [1.54, 1.807) is 19.2 Å². The van der Waals surface area contributed by atoms with Crippen LogP contribution in [-0.2, 0) is 13.2 Å². The maximum atomic E-state index is 13.0. The number of β-amino-alcohol motifs (C(OH)–C–C–N with tert-alkyl or cyclic N) is 1. The highest BCUT2D eigenvalue weighted by Crippen LogP contribution is 2.30. The van der Waals surface area contributed by atoms with Crippen LogP contribution in [0.15, 0.2) is 42.5 Å². The van der Waals surface area contributed by atoms with Gasteiger partial charge in [0, 0.05) is 25.6 Å². The topological polar surface area (TPSA) is 62.2 Å². The average Bonchev–Trinajstić information content (AvgIpc) is 2.68. The minimum absolute atomic E-state index is 0.0267. The molecule has 0 aliphatic carbocycles. The smallest absolute Gasteiger partial charge is 0.161 e. The van der Waals surface area contributed by atoms with Gasteiger partial charge in [0.15, 0.2) is 11.5 Å². The zero-order chi connectivity index (χ0) is 19.2. The molecule has 2 N–H and O–H groups in total.